The molecule has 9 heteroatoms. The molecule has 0 spiro atoms. The fraction of sp³-hybridized carbons (Fsp3) is 0.0556. The molecule has 0 atom stereocenters. The highest BCUT2D eigenvalue weighted by atomic mass is 35.5. The van der Waals surface area contributed by atoms with Crippen molar-refractivity contribution in [2.24, 2.45) is 0 Å². The van der Waals surface area contributed by atoms with Crippen LogP contribution in [-0.2, 0) is 0 Å². The Morgan fingerprint density at radius 1 is 1.22 bits per heavy atom. The van der Waals surface area contributed by atoms with Crippen molar-refractivity contribution in [1.29, 1.82) is 0 Å². The Morgan fingerprint density at radius 3 is 2.89 bits per heavy atom. The van der Waals surface area contributed by atoms with E-state index in [1.165, 1.54) is 11.3 Å². The second-order valence-corrected chi connectivity index (χ2v) is 6.94. The van der Waals surface area contributed by atoms with Crippen molar-refractivity contribution in [2.45, 2.75) is 6.92 Å². The molecule has 4 rings (SSSR count). The first kappa shape index (κ1) is 17.3. The number of benzene rings is 1. The van der Waals surface area contributed by atoms with Gasteiger partial charge in [-0.25, -0.2) is 9.78 Å². The van der Waals surface area contributed by atoms with Gasteiger partial charge in [0.15, 0.2) is 5.76 Å². The summed E-state index contributed by atoms with van der Waals surface area (Å²) in [5.74, 6) is 1.18. The number of nitrogens with one attached hydrogen (secondary N) is 2. The lowest BCUT2D eigenvalue weighted by atomic mass is 10.3. The number of hydrogen-bond donors (Lipinski definition) is 2. The van der Waals surface area contributed by atoms with Crippen LogP contribution < -0.4 is 10.6 Å². The Morgan fingerprint density at radius 2 is 2.11 bits per heavy atom. The topological polar surface area (TPSA) is 85.0 Å². The van der Waals surface area contributed by atoms with Crippen molar-refractivity contribution in [2.75, 3.05) is 10.6 Å². The molecular formula is C18H14ClN5O2S. The zero-order valence-corrected chi connectivity index (χ0v) is 15.7. The standard InChI is InChI=1S/C18H14ClN5O2S/c1-11-8-16(22-17(25)20-13-5-2-4-12(19)9-13)24(23-11)18-21-14(10-27-18)15-6-3-7-26-15/h2-10H,1H3,(H2,20,22,25). The molecule has 0 unspecified atom stereocenters. The van der Waals surface area contributed by atoms with Crippen LogP contribution in [0.3, 0.4) is 0 Å². The highest BCUT2D eigenvalue weighted by Crippen LogP contribution is 2.26. The summed E-state index contributed by atoms with van der Waals surface area (Å²) in [7, 11) is 0. The van der Waals surface area contributed by atoms with Gasteiger partial charge < -0.3 is 9.73 Å². The lowest BCUT2D eigenvalue weighted by Gasteiger charge is -2.08. The molecule has 0 radical (unpaired) electrons. The normalized spacial score (nSPS) is 10.7. The number of aryl methyl sites for hydroxylation is 1. The van der Waals surface area contributed by atoms with Gasteiger partial charge in [0.2, 0.25) is 5.13 Å². The molecule has 2 N–H and O–H groups in total. The van der Waals surface area contributed by atoms with Crippen molar-refractivity contribution in [3.63, 3.8) is 0 Å². The molecule has 27 heavy (non-hydrogen) atoms. The number of aromatic nitrogens is 3. The van der Waals surface area contributed by atoms with Gasteiger partial charge in [-0.3, -0.25) is 5.32 Å². The molecule has 1 aromatic carbocycles. The van der Waals surface area contributed by atoms with Crippen LogP contribution in [0, 0.1) is 6.92 Å². The maximum atomic E-state index is 12.3. The van der Waals surface area contributed by atoms with Gasteiger partial charge in [0.1, 0.15) is 11.5 Å². The molecule has 3 heterocycles. The number of carbonyl (C=O) groups is 1. The Labute approximate surface area is 163 Å². The second-order valence-electron chi connectivity index (χ2n) is 5.66. The average molecular weight is 400 g/mol. The molecule has 7 nitrogen and oxygen atoms in total. The van der Waals surface area contributed by atoms with Crippen LogP contribution >= 0.6 is 22.9 Å². The Kier molecular flexibility index (Phi) is 4.66. The van der Waals surface area contributed by atoms with Gasteiger partial charge in [0.05, 0.1) is 12.0 Å². The third-order valence-electron chi connectivity index (χ3n) is 3.60. The zero-order valence-electron chi connectivity index (χ0n) is 14.1. The van der Waals surface area contributed by atoms with Crippen LogP contribution in [-0.4, -0.2) is 20.8 Å². The third kappa shape index (κ3) is 3.86. The predicted octanol–water partition coefficient (Wildman–Crippen LogP) is 5.19. The van der Waals surface area contributed by atoms with Gasteiger partial charge in [0, 0.05) is 22.2 Å². The molecule has 2 amide bonds. The van der Waals surface area contributed by atoms with E-state index in [9.17, 15) is 4.79 Å². The molecule has 0 bridgehead atoms. The molecule has 3 aromatic heterocycles. The molecule has 136 valence electrons. The Balaban J connectivity index is 1.55. The first-order valence-corrected chi connectivity index (χ1v) is 9.24. The number of halogens is 1. The summed E-state index contributed by atoms with van der Waals surface area (Å²) in [6, 6.07) is 11.9. The monoisotopic (exact) mass is 399 g/mol. The molecule has 0 aliphatic heterocycles. The van der Waals surface area contributed by atoms with E-state index in [1.54, 1.807) is 47.3 Å². The van der Waals surface area contributed by atoms with Crippen molar-refractivity contribution >= 4 is 40.5 Å². The van der Waals surface area contributed by atoms with Crippen molar-refractivity contribution in [3.05, 3.63) is 64.8 Å². The fourth-order valence-corrected chi connectivity index (χ4v) is 3.44. The molecule has 0 saturated heterocycles. The summed E-state index contributed by atoms with van der Waals surface area (Å²) in [4.78, 5) is 16.9. The minimum absolute atomic E-state index is 0.402. The van der Waals surface area contributed by atoms with E-state index < -0.39 is 6.03 Å². The smallest absolute Gasteiger partial charge is 0.324 e. The van der Waals surface area contributed by atoms with Crippen molar-refractivity contribution < 1.29 is 9.21 Å². The molecule has 4 aromatic rings. The van der Waals surface area contributed by atoms with Crippen LogP contribution in [0.1, 0.15) is 5.69 Å². The van der Waals surface area contributed by atoms with Crippen LogP contribution in [0.5, 0.6) is 0 Å². The molecule has 0 aliphatic rings. The van der Waals surface area contributed by atoms with Gasteiger partial charge in [-0.2, -0.15) is 9.78 Å². The lowest BCUT2D eigenvalue weighted by Crippen LogP contribution is -2.21. The first-order chi connectivity index (χ1) is 13.1. The van der Waals surface area contributed by atoms with Crippen LogP contribution in [0.25, 0.3) is 16.6 Å². The fourth-order valence-electron chi connectivity index (χ4n) is 2.48. The number of urea groups is 1. The molecule has 0 fully saturated rings. The van der Waals surface area contributed by atoms with E-state index in [-0.39, 0.29) is 0 Å². The van der Waals surface area contributed by atoms with Crippen LogP contribution in [0.2, 0.25) is 5.02 Å². The van der Waals surface area contributed by atoms with Gasteiger partial charge in [-0.05, 0) is 37.3 Å². The Bertz CT molecular complexity index is 1090. The number of hydrogen-bond acceptors (Lipinski definition) is 5. The van der Waals surface area contributed by atoms with E-state index in [0.717, 1.165) is 5.69 Å². The van der Waals surface area contributed by atoms with E-state index in [2.05, 4.69) is 20.7 Å². The number of thiazole rings is 1. The maximum Gasteiger partial charge on any atom is 0.324 e. The summed E-state index contributed by atoms with van der Waals surface area (Å²) in [6.45, 7) is 1.84. The number of rotatable bonds is 4. The average Bonchev–Trinajstić information content (AvgIpc) is 3.34. The summed E-state index contributed by atoms with van der Waals surface area (Å²) in [5, 5.41) is 13.0. The van der Waals surface area contributed by atoms with Crippen LogP contribution in [0.15, 0.2) is 58.5 Å². The Hall–Kier alpha value is -3.10. The third-order valence-corrected chi connectivity index (χ3v) is 4.65. The van der Waals surface area contributed by atoms with Gasteiger partial charge >= 0.3 is 6.03 Å². The number of anilines is 2. The van der Waals surface area contributed by atoms with E-state index in [4.69, 9.17) is 16.0 Å². The van der Waals surface area contributed by atoms with Gasteiger partial charge in [-0.15, -0.1) is 11.3 Å². The van der Waals surface area contributed by atoms with Crippen LogP contribution in [0.4, 0.5) is 16.3 Å². The minimum Gasteiger partial charge on any atom is -0.463 e. The number of nitrogens with zero attached hydrogens (tertiary/aromatic N) is 3. The van der Waals surface area contributed by atoms with Gasteiger partial charge in [0.25, 0.3) is 0 Å². The predicted molar refractivity (Wildman–Crippen MR) is 106 cm³/mol. The highest BCUT2D eigenvalue weighted by Gasteiger charge is 2.15. The number of amides is 2. The van der Waals surface area contributed by atoms with Gasteiger partial charge in [-0.1, -0.05) is 17.7 Å². The first-order valence-electron chi connectivity index (χ1n) is 7.98. The van der Waals surface area contributed by atoms with Crippen molar-refractivity contribution in [1.82, 2.24) is 14.8 Å². The van der Waals surface area contributed by atoms with E-state index in [0.29, 0.717) is 33.1 Å². The lowest BCUT2D eigenvalue weighted by molar-refractivity contribution is 0.262. The number of carbonyl (C=O) groups excluding carboxylic acids is 1. The molecular weight excluding hydrogens is 386 g/mol. The molecule has 0 saturated carbocycles. The minimum atomic E-state index is -0.402. The zero-order chi connectivity index (χ0) is 18.8. The SMILES string of the molecule is Cc1cc(NC(=O)Nc2cccc(Cl)c2)n(-c2nc(-c3ccco3)cs2)n1. The highest BCUT2D eigenvalue weighted by molar-refractivity contribution is 7.12. The summed E-state index contributed by atoms with van der Waals surface area (Å²) >= 11 is 7.34. The van der Waals surface area contributed by atoms with E-state index in [1.807, 2.05) is 18.4 Å². The van der Waals surface area contributed by atoms with E-state index >= 15 is 0 Å². The second kappa shape index (κ2) is 7.26. The molecule has 0 aliphatic carbocycles. The summed E-state index contributed by atoms with van der Waals surface area (Å²) < 4.78 is 6.96. The van der Waals surface area contributed by atoms with Crippen molar-refractivity contribution in [3.8, 4) is 16.6 Å². The summed E-state index contributed by atoms with van der Waals surface area (Å²) in [6.07, 6.45) is 1.60. The summed E-state index contributed by atoms with van der Waals surface area (Å²) in [5.41, 5.74) is 2.06. The maximum absolute atomic E-state index is 12.3. The quantitative estimate of drug-likeness (QED) is 0.494. The number of furan rings is 1. The largest absolute Gasteiger partial charge is 0.463 e.